The van der Waals surface area contributed by atoms with E-state index in [-0.39, 0.29) is 17.7 Å². The third-order valence-electron chi connectivity index (χ3n) is 3.56. The van der Waals surface area contributed by atoms with Crippen LogP contribution in [0.5, 0.6) is 5.75 Å². The molecule has 0 aliphatic carbocycles. The molecule has 2 N–H and O–H groups in total. The van der Waals surface area contributed by atoms with Crippen LogP contribution >= 0.6 is 0 Å². The summed E-state index contributed by atoms with van der Waals surface area (Å²) in [6.45, 7) is 7.88. The van der Waals surface area contributed by atoms with Gasteiger partial charge in [0.15, 0.2) is 0 Å². The van der Waals surface area contributed by atoms with E-state index >= 15 is 0 Å². The predicted molar refractivity (Wildman–Crippen MR) is 77.0 cm³/mol. The molecule has 1 aromatic carbocycles. The molecule has 0 aromatic heterocycles. The van der Waals surface area contributed by atoms with Crippen LogP contribution in [0.3, 0.4) is 0 Å². The third kappa shape index (κ3) is 3.71. The Morgan fingerprint density at radius 3 is 2.85 bits per heavy atom. The highest BCUT2D eigenvalue weighted by molar-refractivity contribution is 5.96. The average Bonchev–Trinajstić information content (AvgIpc) is 2.42. The summed E-state index contributed by atoms with van der Waals surface area (Å²) in [5, 5.41) is 12.6. The molecule has 5 nitrogen and oxygen atoms in total. The Bertz CT molecular complexity index is 470. The maximum absolute atomic E-state index is 12.2. The highest BCUT2D eigenvalue weighted by Gasteiger charge is 2.17. The molecule has 1 heterocycles. The molecule has 110 valence electrons. The van der Waals surface area contributed by atoms with Gasteiger partial charge in [-0.25, -0.2) is 0 Å². The van der Waals surface area contributed by atoms with Gasteiger partial charge in [-0.2, -0.15) is 0 Å². The van der Waals surface area contributed by atoms with E-state index in [0.29, 0.717) is 11.1 Å². The number of amides is 1. The lowest BCUT2D eigenvalue weighted by atomic mass is 10.1. The Labute approximate surface area is 119 Å². The van der Waals surface area contributed by atoms with E-state index in [9.17, 15) is 9.90 Å². The second-order valence-electron chi connectivity index (χ2n) is 5.24. The summed E-state index contributed by atoms with van der Waals surface area (Å²) in [4.78, 5) is 14.5. The van der Waals surface area contributed by atoms with Crippen molar-refractivity contribution < 1.29 is 14.6 Å². The van der Waals surface area contributed by atoms with Gasteiger partial charge in [0.1, 0.15) is 5.75 Å². The summed E-state index contributed by atoms with van der Waals surface area (Å²) in [6, 6.07) is 5.06. The van der Waals surface area contributed by atoms with E-state index in [4.69, 9.17) is 4.74 Å². The first-order chi connectivity index (χ1) is 9.58. The molecule has 1 fully saturated rings. The summed E-state index contributed by atoms with van der Waals surface area (Å²) >= 11 is 0. The van der Waals surface area contributed by atoms with Gasteiger partial charge in [0.25, 0.3) is 5.91 Å². The number of carbonyl (C=O) groups is 1. The lowest BCUT2D eigenvalue weighted by Gasteiger charge is -2.29. The van der Waals surface area contributed by atoms with Crippen molar-refractivity contribution in [2.75, 3.05) is 32.8 Å². The number of benzene rings is 1. The number of nitrogens with one attached hydrogen (secondary N) is 1. The van der Waals surface area contributed by atoms with Gasteiger partial charge in [-0.1, -0.05) is 6.07 Å². The lowest BCUT2D eigenvalue weighted by Crippen LogP contribution is -2.46. The minimum absolute atomic E-state index is 0.0577. The van der Waals surface area contributed by atoms with Gasteiger partial charge in [0.05, 0.1) is 13.2 Å². The number of ether oxygens (including phenoxy) is 1. The first-order valence-corrected chi connectivity index (χ1v) is 6.97. The zero-order valence-electron chi connectivity index (χ0n) is 12.1. The van der Waals surface area contributed by atoms with Crippen molar-refractivity contribution in [2.45, 2.75) is 19.9 Å². The maximum atomic E-state index is 12.2. The number of morpholine rings is 1. The maximum Gasteiger partial charge on any atom is 0.251 e. The first-order valence-electron chi connectivity index (χ1n) is 6.97. The molecule has 2 rings (SSSR count). The van der Waals surface area contributed by atoms with Gasteiger partial charge in [-0.05, 0) is 26.0 Å². The van der Waals surface area contributed by atoms with Crippen molar-refractivity contribution in [3.8, 4) is 5.75 Å². The molecular formula is C15H22N2O3. The summed E-state index contributed by atoms with van der Waals surface area (Å²) in [7, 11) is 0. The topological polar surface area (TPSA) is 61.8 Å². The zero-order valence-corrected chi connectivity index (χ0v) is 12.1. The quantitative estimate of drug-likeness (QED) is 0.867. The molecule has 1 aliphatic rings. The number of phenolic OH excluding ortho intramolecular Hbond substituents is 1. The molecule has 1 aromatic rings. The van der Waals surface area contributed by atoms with Gasteiger partial charge in [0, 0.05) is 36.8 Å². The van der Waals surface area contributed by atoms with Crippen LogP contribution in [0.15, 0.2) is 18.2 Å². The fraction of sp³-hybridized carbons (Fsp3) is 0.533. The zero-order chi connectivity index (χ0) is 14.5. The van der Waals surface area contributed by atoms with Crippen LogP contribution in [0, 0.1) is 6.92 Å². The number of hydrogen-bond acceptors (Lipinski definition) is 4. The molecule has 20 heavy (non-hydrogen) atoms. The van der Waals surface area contributed by atoms with Gasteiger partial charge < -0.3 is 15.2 Å². The van der Waals surface area contributed by atoms with Crippen LogP contribution in [0.2, 0.25) is 0 Å². The minimum atomic E-state index is -0.140. The Morgan fingerprint density at radius 1 is 1.45 bits per heavy atom. The molecule has 0 radical (unpaired) electrons. The van der Waals surface area contributed by atoms with Crippen molar-refractivity contribution in [1.29, 1.82) is 0 Å². The largest absolute Gasteiger partial charge is 0.508 e. The Kier molecular flexibility index (Phi) is 4.98. The minimum Gasteiger partial charge on any atom is -0.508 e. The smallest absolute Gasteiger partial charge is 0.251 e. The van der Waals surface area contributed by atoms with Crippen LogP contribution in [0.25, 0.3) is 0 Å². The van der Waals surface area contributed by atoms with Gasteiger partial charge in [-0.3, -0.25) is 9.69 Å². The number of carbonyl (C=O) groups excluding carboxylic acids is 1. The molecule has 0 spiro atoms. The summed E-state index contributed by atoms with van der Waals surface area (Å²) in [5.41, 5.74) is 1.14. The van der Waals surface area contributed by atoms with Crippen LogP contribution < -0.4 is 5.32 Å². The van der Waals surface area contributed by atoms with Crippen LogP contribution in [0.1, 0.15) is 22.8 Å². The van der Waals surface area contributed by atoms with E-state index in [2.05, 4.69) is 10.2 Å². The Hall–Kier alpha value is -1.59. The fourth-order valence-corrected chi connectivity index (χ4v) is 2.39. The third-order valence-corrected chi connectivity index (χ3v) is 3.56. The van der Waals surface area contributed by atoms with Gasteiger partial charge in [-0.15, -0.1) is 0 Å². The number of aromatic hydroxyl groups is 1. The molecule has 1 amide bonds. The first kappa shape index (κ1) is 14.8. The Balaban J connectivity index is 1.91. The number of rotatable bonds is 4. The van der Waals surface area contributed by atoms with E-state index in [1.165, 1.54) is 0 Å². The molecule has 1 saturated heterocycles. The summed E-state index contributed by atoms with van der Waals surface area (Å²) < 4.78 is 5.30. The molecule has 1 atom stereocenters. The number of nitrogens with zero attached hydrogens (tertiary/aromatic N) is 1. The molecule has 0 saturated carbocycles. The number of phenols is 1. The molecule has 1 aliphatic heterocycles. The van der Waals surface area contributed by atoms with Crippen molar-refractivity contribution in [1.82, 2.24) is 10.2 Å². The van der Waals surface area contributed by atoms with E-state index in [1.54, 1.807) is 25.1 Å². The fourth-order valence-electron chi connectivity index (χ4n) is 2.39. The van der Waals surface area contributed by atoms with E-state index < -0.39 is 0 Å². The molecule has 5 heteroatoms. The summed E-state index contributed by atoms with van der Waals surface area (Å²) in [5.74, 6) is 0.0117. The highest BCUT2D eigenvalue weighted by atomic mass is 16.5. The van der Waals surface area contributed by atoms with Gasteiger partial charge in [0.2, 0.25) is 0 Å². The van der Waals surface area contributed by atoms with Crippen LogP contribution in [-0.2, 0) is 4.74 Å². The van der Waals surface area contributed by atoms with E-state index in [1.807, 2.05) is 6.92 Å². The highest BCUT2D eigenvalue weighted by Crippen LogP contribution is 2.19. The lowest BCUT2D eigenvalue weighted by molar-refractivity contribution is 0.0342. The van der Waals surface area contributed by atoms with Gasteiger partial charge >= 0.3 is 0 Å². The SMILES string of the molecule is Cc1c(O)cccc1C(=O)NC(C)CN1CCOCC1. The van der Waals surface area contributed by atoms with E-state index in [0.717, 1.165) is 32.8 Å². The van der Waals surface area contributed by atoms with Crippen molar-refractivity contribution in [3.63, 3.8) is 0 Å². The monoisotopic (exact) mass is 278 g/mol. The average molecular weight is 278 g/mol. The molecule has 1 unspecified atom stereocenters. The van der Waals surface area contributed by atoms with Crippen LogP contribution in [-0.4, -0.2) is 54.8 Å². The standard InChI is InChI=1S/C15H22N2O3/c1-11(10-17-6-8-20-9-7-17)16-15(19)13-4-3-5-14(18)12(13)2/h3-5,11,18H,6-10H2,1-2H3,(H,16,19). The van der Waals surface area contributed by atoms with Crippen molar-refractivity contribution in [3.05, 3.63) is 29.3 Å². The van der Waals surface area contributed by atoms with Crippen molar-refractivity contribution >= 4 is 5.91 Å². The predicted octanol–water partition coefficient (Wildman–Crippen LogP) is 1.15. The molecular weight excluding hydrogens is 256 g/mol. The Morgan fingerprint density at radius 2 is 2.15 bits per heavy atom. The normalized spacial score (nSPS) is 17.7. The molecule has 0 bridgehead atoms. The number of hydrogen-bond donors (Lipinski definition) is 2. The second kappa shape index (κ2) is 6.72. The van der Waals surface area contributed by atoms with Crippen molar-refractivity contribution in [2.24, 2.45) is 0 Å². The van der Waals surface area contributed by atoms with Crippen LogP contribution in [0.4, 0.5) is 0 Å². The second-order valence-corrected chi connectivity index (χ2v) is 5.24. The summed E-state index contributed by atoms with van der Waals surface area (Å²) in [6.07, 6.45) is 0.